The fourth-order valence-electron chi connectivity index (χ4n) is 2.56. The number of hydrogen-bond donors (Lipinski definition) is 1. The molecule has 2 aromatic carbocycles. The second-order valence-corrected chi connectivity index (χ2v) is 5.53. The topological polar surface area (TPSA) is 39.7 Å². The Morgan fingerprint density at radius 3 is 2.61 bits per heavy atom. The summed E-state index contributed by atoms with van der Waals surface area (Å²) in [7, 11) is 0. The van der Waals surface area contributed by atoms with E-state index < -0.39 is 0 Å². The van der Waals surface area contributed by atoms with Gasteiger partial charge in [-0.25, -0.2) is 0 Å². The number of hydrogen-bond acceptors (Lipinski definition) is 4. The lowest BCUT2D eigenvalue weighted by Gasteiger charge is -2.23. The first-order chi connectivity index (χ1) is 11.4. The minimum absolute atomic E-state index is 0.117. The molecule has 0 saturated heterocycles. The van der Waals surface area contributed by atoms with Gasteiger partial charge in [-0.1, -0.05) is 31.2 Å². The quantitative estimate of drug-likeness (QED) is 0.848. The summed E-state index contributed by atoms with van der Waals surface area (Å²) in [5, 5.41) is 3.54. The first kappa shape index (κ1) is 15.7. The van der Waals surface area contributed by atoms with Gasteiger partial charge in [0, 0.05) is 0 Å². The van der Waals surface area contributed by atoms with E-state index in [1.807, 2.05) is 36.4 Å². The van der Waals surface area contributed by atoms with Crippen LogP contribution in [0.4, 0.5) is 0 Å². The Morgan fingerprint density at radius 1 is 1.04 bits per heavy atom. The first-order valence-electron chi connectivity index (χ1n) is 8.17. The van der Waals surface area contributed by atoms with Gasteiger partial charge >= 0.3 is 0 Å². The lowest BCUT2D eigenvalue weighted by molar-refractivity contribution is 0.171. The van der Waals surface area contributed by atoms with E-state index in [4.69, 9.17) is 14.2 Å². The molecular formula is C19H23NO3. The van der Waals surface area contributed by atoms with E-state index in [0.29, 0.717) is 19.8 Å². The monoisotopic (exact) mass is 313 g/mol. The third-order valence-electron chi connectivity index (χ3n) is 3.77. The van der Waals surface area contributed by atoms with Crippen molar-refractivity contribution in [1.29, 1.82) is 0 Å². The molecule has 23 heavy (non-hydrogen) atoms. The van der Waals surface area contributed by atoms with Gasteiger partial charge < -0.3 is 19.5 Å². The average molecular weight is 313 g/mol. The molecule has 1 aliphatic heterocycles. The van der Waals surface area contributed by atoms with Crippen molar-refractivity contribution in [2.75, 3.05) is 26.4 Å². The second kappa shape index (κ2) is 7.88. The molecule has 0 radical (unpaired) electrons. The van der Waals surface area contributed by atoms with Crippen LogP contribution in [0.3, 0.4) is 0 Å². The molecule has 1 atom stereocenters. The molecule has 0 amide bonds. The lowest BCUT2D eigenvalue weighted by Crippen LogP contribution is -2.27. The van der Waals surface area contributed by atoms with E-state index in [1.165, 1.54) is 0 Å². The Kier molecular flexibility index (Phi) is 5.37. The van der Waals surface area contributed by atoms with Crippen LogP contribution in [0.1, 0.15) is 24.9 Å². The van der Waals surface area contributed by atoms with Crippen molar-refractivity contribution in [3.63, 3.8) is 0 Å². The molecule has 4 heteroatoms. The molecule has 0 aliphatic carbocycles. The van der Waals surface area contributed by atoms with Crippen LogP contribution < -0.4 is 19.5 Å². The average Bonchev–Trinajstić information content (AvgIpc) is 2.62. The molecule has 0 spiro atoms. The number of rotatable bonds is 7. The molecule has 3 rings (SSSR count). The smallest absolute Gasteiger partial charge is 0.161 e. The predicted molar refractivity (Wildman–Crippen MR) is 90.4 cm³/mol. The van der Waals surface area contributed by atoms with Crippen LogP contribution >= 0.6 is 0 Å². The predicted octanol–water partition coefficient (Wildman–Crippen LogP) is 3.58. The van der Waals surface area contributed by atoms with Gasteiger partial charge in [-0.05, 0) is 42.8 Å². The van der Waals surface area contributed by atoms with Crippen LogP contribution in [0.25, 0.3) is 0 Å². The summed E-state index contributed by atoms with van der Waals surface area (Å²) in [6, 6.07) is 16.1. The van der Waals surface area contributed by atoms with E-state index in [0.717, 1.165) is 35.8 Å². The molecule has 2 aromatic rings. The molecule has 0 saturated carbocycles. The molecule has 122 valence electrons. The summed E-state index contributed by atoms with van der Waals surface area (Å²) in [6.45, 7) is 4.89. The molecule has 0 bridgehead atoms. The van der Waals surface area contributed by atoms with Crippen LogP contribution in [0, 0.1) is 0 Å². The van der Waals surface area contributed by atoms with Gasteiger partial charge in [0.1, 0.15) is 25.6 Å². The maximum atomic E-state index is 5.93. The number of fused-ring (bicyclic) bond motifs is 1. The Bertz CT molecular complexity index is 615. The fraction of sp³-hybridized carbons (Fsp3) is 0.368. The molecule has 1 heterocycles. The molecule has 0 aromatic heterocycles. The number of benzene rings is 2. The highest BCUT2D eigenvalue weighted by molar-refractivity contribution is 5.44. The van der Waals surface area contributed by atoms with Gasteiger partial charge in [-0.15, -0.1) is 0 Å². The highest BCUT2D eigenvalue weighted by Crippen LogP contribution is 2.32. The highest BCUT2D eigenvalue weighted by Gasteiger charge is 2.17. The molecule has 4 nitrogen and oxygen atoms in total. The van der Waals surface area contributed by atoms with Crippen LogP contribution in [0.15, 0.2) is 48.5 Å². The minimum atomic E-state index is 0.117. The maximum absolute atomic E-state index is 5.93. The third-order valence-corrected chi connectivity index (χ3v) is 3.77. The van der Waals surface area contributed by atoms with Crippen molar-refractivity contribution >= 4 is 0 Å². The minimum Gasteiger partial charge on any atom is -0.492 e. The van der Waals surface area contributed by atoms with Gasteiger partial charge in [0.05, 0.1) is 6.04 Å². The van der Waals surface area contributed by atoms with Gasteiger partial charge in [0.25, 0.3) is 0 Å². The van der Waals surface area contributed by atoms with Crippen molar-refractivity contribution in [3.05, 3.63) is 54.1 Å². The summed E-state index contributed by atoms with van der Waals surface area (Å²) in [5.74, 6) is 2.52. The lowest BCUT2D eigenvalue weighted by atomic mass is 10.1. The van der Waals surface area contributed by atoms with Gasteiger partial charge in [-0.2, -0.15) is 0 Å². The van der Waals surface area contributed by atoms with E-state index in [-0.39, 0.29) is 6.04 Å². The zero-order valence-electron chi connectivity index (χ0n) is 13.5. The third kappa shape index (κ3) is 4.17. The van der Waals surface area contributed by atoms with Gasteiger partial charge in [-0.3, -0.25) is 0 Å². The van der Waals surface area contributed by atoms with Gasteiger partial charge in [0.15, 0.2) is 11.5 Å². The normalized spacial score (nSPS) is 14.3. The molecular weight excluding hydrogens is 290 g/mol. The zero-order valence-corrected chi connectivity index (χ0v) is 13.5. The standard InChI is InChI=1S/C19H23NO3/c1-2-10-20-17(14-23-16-6-4-3-5-7-16)15-8-9-18-19(13-15)22-12-11-21-18/h3-9,13,17,20H,2,10-12,14H2,1H3. The van der Waals surface area contributed by atoms with Crippen LogP contribution in [-0.4, -0.2) is 26.4 Å². The molecule has 1 N–H and O–H groups in total. The van der Waals surface area contributed by atoms with Crippen molar-refractivity contribution in [1.82, 2.24) is 5.32 Å². The summed E-state index contributed by atoms with van der Waals surface area (Å²) in [5.41, 5.74) is 1.15. The van der Waals surface area contributed by atoms with Crippen LogP contribution in [-0.2, 0) is 0 Å². The van der Waals surface area contributed by atoms with Crippen LogP contribution in [0.2, 0.25) is 0 Å². The Labute approximate surface area is 137 Å². The first-order valence-corrected chi connectivity index (χ1v) is 8.17. The molecule has 1 aliphatic rings. The molecule has 1 unspecified atom stereocenters. The fourth-order valence-corrected chi connectivity index (χ4v) is 2.56. The van der Waals surface area contributed by atoms with E-state index in [9.17, 15) is 0 Å². The Balaban J connectivity index is 1.72. The summed E-state index contributed by atoms with van der Waals surface area (Å²) >= 11 is 0. The Hall–Kier alpha value is -2.20. The van der Waals surface area contributed by atoms with E-state index in [1.54, 1.807) is 0 Å². The van der Waals surface area contributed by atoms with Crippen molar-refractivity contribution in [2.24, 2.45) is 0 Å². The Morgan fingerprint density at radius 2 is 1.83 bits per heavy atom. The number of para-hydroxylation sites is 1. The molecule has 0 fully saturated rings. The van der Waals surface area contributed by atoms with Gasteiger partial charge in [0.2, 0.25) is 0 Å². The van der Waals surface area contributed by atoms with E-state index in [2.05, 4.69) is 24.4 Å². The number of nitrogens with one attached hydrogen (secondary N) is 1. The summed E-state index contributed by atoms with van der Waals surface area (Å²) < 4.78 is 17.2. The number of ether oxygens (including phenoxy) is 3. The van der Waals surface area contributed by atoms with Crippen molar-refractivity contribution in [3.8, 4) is 17.2 Å². The second-order valence-electron chi connectivity index (χ2n) is 5.53. The SMILES string of the molecule is CCCNC(COc1ccccc1)c1ccc2c(c1)OCCO2. The highest BCUT2D eigenvalue weighted by atomic mass is 16.6. The van der Waals surface area contributed by atoms with Crippen molar-refractivity contribution < 1.29 is 14.2 Å². The largest absolute Gasteiger partial charge is 0.492 e. The zero-order chi connectivity index (χ0) is 15.9. The maximum Gasteiger partial charge on any atom is 0.161 e. The van der Waals surface area contributed by atoms with Crippen molar-refractivity contribution in [2.45, 2.75) is 19.4 Å². The summed E-state index contributed by atoms with van der Waals surface area (Å²) in [6.07, 6.45) is 1.08. The van der Waals surface area contributed by atoms with Crippen LogP contribution in [0.5, 0.6) is 17.2 Å². The summed E-state index contributed by atoms with van der Waals surface area (Å²) in [4.78, 5) is 0. The van der Waals surface area contributed by atoms with E-state index >= 15 is 0 Å².